The third kappa shape index (κ3) is 5.22. The van der Waals surface area contributed by atoms with Gasteiger partial charge in [0.25, 0.3) is 0 Å². The van der Waals surface area contributed by atoms with Crippen molar-refractivity contribution < 1.29 is 0 Å². The zero-order valence-corrected chi connectivity index (χ0v) is 10.9. The van der Waals surface area contributed by atoms with Crippen LogP contribution in [0.4, 0.5) is 0 Å². The summed E-state index contributed by atoms with van der Waals surface area (Å²) >= 11 is 0. The summed E-state index contributed by atoms with van der Waals surface area (Å²) in [5.41, 5.74) is 2.63. The number of fused-ring (bicyclic) bond motifs is 2. The Morgan fingerprint density at radius 2 is 0.789 bits per heavy atom. The third-order valence-corrected chi connectivity index (χ3v) is 2.76. The van der Waals surface area contributed by atoms with E-state index in [1.807, 2.05) is 36.5 Å². The first-order valence-electron chi connectivity index (χ1n) is 6.53. The molecule has 2 aliphatic rings. The molecule has 0 aromatic carbocycles. The molecule has 0 amide bonds. The number of hydrogen-bond donors (Lipinski definition) is 0. The van der Waals surface area contributed by atoms with Crippen LogP contribution >= 0.6 is 0 Å². The van der Waals surface area contributed by atoms with E-state index in [1.54, 1.807) is 0 Å². The highest BCUT2D eigenvalue weighted by Gasteiger charge is 1.98. The van der Waals surface area contributed by atoms with E-state index in [4.69, 9.17) is 0 Å². The van der Waals surface area contributed by atoms with E-state index in [2.05, 4.69) is 60.8 Å². The molecule has 2 aliphatic carbocycles. The van der Waals surface area contributed by atoms with Gasteiger partial charge in [0.2, 0.25) is 0 Å². The Balaban J connectivity index is 2.27. The lowest BCUT2D eigenvalue weighted by Crippen LogP contribution is -1.80. The number of rotatable bonds is 0. The van der Waals surface area contributed by atoms with Gasteiger partial charge in [0.1, 0.15) is 0 Å². The summed E-state index contributed by atoms with van der Waals surface area (Å²) in [6.07, 6.45) is 34.2. The van der Waals surface area contributed by atoms with Gasteiger partial charge < -0.3 is 0 Å². The molecule has 0 heteroatoms. The molecule has 0 fully saturated rings. The predicted molar refractivity (Wildman–Crippen MR) is 84.8 cm³/mol. The number of allylic oxidation sites excluding steroid dienone is 18. The molecule has 0 spiro atoms. The summed E-state index contributed by atoms with van der Waals surface area (Å²) in [6, 6.07) is 0. The monoisotopic (exact) mass is 246 g/mol. The molecule has 19 heavy (non-hydrogen) atoms. The first-order chi connectivity index (χ1) is 9.45. The largest absolute Gasteiger partial charge is 0.0623 e. The molecule has 0 saturated heterocycles. The molecule has 0 atom stereocenters. The normalized spacial score (nSPS) is 18.5. The molecule has 2 bridgehead atoms. The number of hydrogen-bond acceptors (Lipinski definition) is 0. The Bertz CT molecular complexity index is 503. The third-order valence-electron chi connectivity index (χ3n) is 2.76. The highest BCUT2D eigenvalue weighted by atomic mass is 14.0. The molecule has 0 heterocycles. The Kier molecular flexibility index (Phi) is 5.44. The average Bonchev–Trinajstić information content (AvgIpc) is 2.65. The minimum atomic E-state index is 0.966. The highest BCUT2D eigenvalue weighted by Crippen LogP contribution is 2.17. The summed E-state index contributed by atoms with van der Waals surface area (Å²) in [7, 11) is 0. The maximum atomic E-state index is 2.16. The minimum Gasteiger partial charge on any atom is -0.0623 e. The second-order valence-electron chi connectivity index (χ2n) is 4.30. The SMILES string of the molecule is C1=CC=CC=CC=C2C=CC=CC(=CC=CC=C1)C2. The summed E-state index contributed by atoms with van der Waals surface area (Å²) in [6.45, 7) is 0. The van der Waals surface area contributed by atoms with E-state index in [9.17, 15) is 0 Å². The van der Waals surface area contributed by atoms with Crippen molar-refractivity contribution in [2.75, 3.05) is 0 Å². The van der Waals surface area contributed by atoms with Gasteiger partial charge >= 0.3 is 0 Å². The van der Waals surface area contributed by atoms with Crippen molar-refractivity contribution in [3.8, 4) is 0 Å². The van der Waals surface area contributed by atoms with Gasteiger partial charge in [0.05, 0.1) is 0 Å². The average molecular weight is 246 g/mol. The van der Waals surface area contributed by atoms with Crippen molar-refractivity contribution in [2.45, 2.75) is 6.42 Å². The van der Waals surface area contributed by atoms with Crippen LogP contribution in [0.1, 0.15) is 6.42 Å². The highest BCUT2D eigenvalue weighted by molar-refractivity contribution is 5.40. The van der Waals surface area contributed by atoms with Gasteiger partial charge in [-0.1, -0.05) is 97.2 Å². The summed E-state index contributed by atoms with van der Waals surface area (Å²) in [4.78, 5) is 0. The topological polar surface area (TPSA) is 0 Å². The molecular weight excluding hydrogens is 228 g/mol. The smallest absolute Gasteiger partial charge is 0.00258 e. The molecule has 0 N–H and O–H groups in total. The molecule has 0 aromatic heterocycles. The Hall–Kier alpha value is -2.34. The second-order valence-corrected chi connectivity index (χ2v) is 4.30. The van der Waals surface area contributed by atoms with Crippen LogP contribution in [0.2, 0.25) is 0 Å². The van der Waals surface area contributed by atoms with Crippen LogP contribution in [0, 0.1) is 0 Å². The van der Waals surface area contributed by atoms with Crippen molar-refractivity contribution in [3.05, 3.63) is 108 Å². The maximum absolute atomic E-state index is 2.16. The molecule has 0 nitrogen and oxygen atoms in total. The van der Waals surface area contributed by atoms with Gasteiger partial charge in [-0.2, -0.15) is 0 Å². The lowest BCUT2D eigenvalue weighted by Gasteiger charge is -2.00. The quantitative estimate of drug-likeness (QED) is 0.554. The first kappa shape index (κ1) is 13.1. The molecule has 94 valence electrons. The lowest BCUT2D eigenvalue weighted by molar-refractivity contribution is 1.22. The Morgan fingerprint density at radius 3 is 1.21 bits per heavy atom. The van der Waals surface area contributed by atoms with Crippen molar-refractivity contribution in [3.63, 3.8) is 0 Å². The molecule has 0 unspecified atom stereocenters. The Labute approximate surface area is 115 Å². The van der Waals surface area contributed by atoms with Crippen LogP contribution in [-0.4, -0.2) is 0 Å². The van der Waals surface area contributed by atoms with Crippen LogP contribution < -0.4 is 0 Å². The van der Waals surface area contributed by atoms with Crippen LogP contribution in [0.5, 0.6) is 0 Å². The van der Waals surface area contributed by atoms with E-state index in [0.717, 1.165) is 6.42 Å². The molecule has 0 aliphatic heterocycles. The maximum Gasteiger partial charge on any atom is -0.00258 e. The van der Waals surface area contributed by atoms with Crippen molar-refractivity contribution in [2.24, 2.45) is 0 Å². The molecule has 0 aromatic rings. The van der Waals surface area contributed by atoms with Crippen molar-refractivity contribution in [1.82, 2.24) is 0 Å². The summed E-state index contributed by atoms with van der Waals surface area (Å²) in [5, 5.41) is 0. The predicted octanol–water partition coefficient (Wildman–Crippen LogP) is 5.15. The van der Waals surface area contributed by atoms with Crippen molar-refractivity contribution >= 4 is 0 Å². The van der Waals surface area contributed by atoms with Gasteiger partial charge in [-0.15, -0.1) is 0 Å². The van der Waals surface area contributed by atoms with E-state index in [1.165, 1.54) is 11.1 Å². The molecule has 0 saturated carbocycles. The van der Waals surface area contributed by atoms with E-state index < -0.39 is 0 Å². The molecular formula is C19H18. The Morgan fingerprint density at radius 1 is 0.421 bits per heavy atom. The van der Waals surface area contributed by atoms with Crippen LogP contribution in [0.15, 0.2) is 108 Å². The van der Waals surface area contributed by atoms with Crippen LogP contribution in [0.3, 0.4) is 0 Å². The molecule has 0 radical (unpaired) electrons. The lowest BCUT2D eigenvalue weighted by atomic mass is 10.1. The van der Waals surface area contributed by atoms with E-state index >= 15 is 0 Å². The zero-order valence-electron chi connectivity index (χ0n) is 10.9. The van der Waals surface area contributed by atoms with E-state index in [-0.39, 0.29) is 0 Å². The van der Waals surface area contributed by atoms with Gasteiger partial charge in [0, 0.05) is 0 Å². The standard InChI is InChI=1S/C19H18/c1-2-4-6-8-10-14-19-16-12-11-15-18(17-19)13-9-7-5-3-1/h1-16H,17H2. The van der Waals surface area contributed by atoms with Gasteiger partial charge in [-0.05, 0) is 17.6 Å². The van der Waals surface area contributed by atoms with Gasteiger partial charge in [0.15, 0.2) is 0 Å². The summed E-state index contributed by atoms with van der Waals surface area (Å²) < 4.78 is 0. The molecule has 2 rings (SSSR count). The summed E-state index contributed by atoms with van der Waals surface area (Å²) in [5.74, 6) is 0. The second kappa shape index (κ2) is 7.88. The van der Waals surface area contributed by atoms with Gasteiger partial charge in [-0.25, -0.2) is 0 Å². The van der Waals surface area contributed by atoms with Crippen LogP contribution in [-0.2, 0) is 0 Å². The van der Waals surface area contributed by atoms with E-state index in [0.29, 0.717) is 0 Å². The van der Waals surface area contributed by atoms with Crippen molar-refractivity contribution in [1.29, 1.82) is 0 Å². The van der Waals surface area contributed by atoms with Crippen LogP contribution in [0.25, 0.3) is 0 Å². The zero-order chi connectivity index (χ0) is 13.2. The fourth-order valence-electron chi connectivity index (χ4n) is 1.81. The first-order valence-corrected chi connectivity index (χ1v) is 6.53. The minimum absolute atomic E-state index is 0.966. The fraction of sp³-hybridized carbons (Fsp3) is 0.0526. The fourth-order valence-corrected chi connectivity index (χ4v) is 1.81. The van der Waals surface area contributed by atoms with Gasteiger partial charge in [-0.3, -0.25) is 0 Å².